The number of aromatic nitrogens is 2. The van der Waals surface area contributed by atoms with Gasteiger partial charge in [0.05, 0.1) is 11.2 Å². The van der Waals surface area contributed by atoms with E-state index in [1.807, 2.05) is 42.5 Å². The summed E-state index contributed by atoms with van der Waals surface area (Å²) < 4.78 is 2.11. The van der Waals surface area contributed by atoms with E-state index in [-0.39, 0.29) is 0 Å². The molecule has 0 atom stereocenters. The zero-order valence-electron chi connectivity index (χ0n) is 30.0. The molecule has 0 saturated heterocycles. The average molecular weight is 725 g/mol. The van der Waals surface area contributed by atoms with Gasteiger partial charge >= 0.3 is 194 Å². The number of nitrogens with zero attached hydrogens (tertiary/aromatic N) is 2. The van der Waals surface area contributed by atoms with E-state index in [0.29, 0.717) is 0 Å². The van der Waals surface area contributed by atoms with Crippen molar-refractivity contribution in [1.29, 1.82) is 0 Å². The Labute approximate surface area is 320 Å². The minimum absolute atomic E-state index is 0.965. The Balaban J connectivity index is 1.07. The fourth-order valence-corrected chi connectivity index (χ4v) is 11.2. The first-order chi connectivity index (χ1) is 27.1. The molecule has 9 aromatic carbocycles. The van der Waals surface area contributed by atoms with Gasteiger partial charge in [0, 0.05) is 10.9 Å². The summed E-state index contributed by atoms with van der Waals surface area (Å²) in [6.45, 7) is 0. The van der Waals surface area contributed by atoms with Crippen LogP contribution >= 0.6 is 7.49 Å². The molecule has 0 aliphatic heterocycles. The van der Waals surface area contributed by atoms with Crippen molar-refractivity contribution in [1.82, 2.24) is 9.78 Å². The quantitative estimate of drug-likeness (QED) is 0.166. The van der Waals surface area contributed by atoms with E-state index in [9.17, 15) is 4.89 Å². The molecule has 0 fully saturated rings. The van der Waals surface area contributed by atoms with Crippen molar-refractivity contribution < 1.29 is 4.89 Å². The summed E-state index contributed by atoms with van der Waals surface area (Å²) in [4.78, 5) is 12.5. The zero-order valence-corrected chi connectivity index (χ0v) is 31.0. The van der Waals surface area contributed by atoms with E-state index in [1.165, 1.54) is 10.8 Å². The average Bonchev–Trinajstić information content (AvgIpc) is 3.68. The normalized spacial score (nSPS) is 12.0. The second kappa shape index (κ2) is 13.6. The zero-order chi connectivity index (χ0) is 36.8. The fraction of sp³-hybridized carbons (Fsp3) is 0. The molecule has 3 nitrogen and oxygen atoms in total. The maximum absolute atomic E-state index is 12.5. The van der Waals surface area contributed by atoms with Gasteiger partial charge in [0.15, 0.2) is 0 Å². The molecule has 10 rings (SSSR count). The first kappa shape index (κ1) is 33.0. The topological polar surface area (TPSA) is 38.1 Å². The van der Waals surface area contributed by atoms with Gasteiger partial charge in [0.2, 0.25) is 0 Å². The number of hydrogen-bond donors (Lipinski definition) is 1. The first-order valence-electron chi connectivity index (χ1n) is 18.7. The van der Waals surface area contributed by atoms with E-state index < -0.39 is 7.49 Å². The second-order valence-corrected chi connectivity index (χ2v) is 17.3. The van der Waals surface area contributed by atoms with Gasteiger partial charge in [-0.2, -0.15) is 5.10 Å². The third-order valence-corrected chi connectivity index (χ3v) is 14.4. The summed E-state index contributed by atoms with van der Waals surface area (Å²) in [5, 5.41) is 14.0. The van der Waals surface area contributed by atoms with E-state index in [2.05, 4.69) is 175 Å². The van der Waals surface area contributed by atoms with Gasteiger partial charge in [-0.15, -0.1) is 0 Å². The van der Waals surface area contributed by atoms with Crippen LogP contribution in [0.2, 0.25) is 0 Å². The number of para-hydroxylation sites is 1. The summed E-state index contributed by atoms with van der Waals surface area (Å²) in [5.41, 5.74) is 8.77. The molecular weight excluding hydrogens is 688 g/mol. The third-order valence-electron chi connectivity index (χ3n) is 10.9. The van der Waals surface area contributed by atoms with Crippen LogP contribution in [0.3, 0.4) is 0 Å². The van der Waals surface area contributed by atoms with Gasteiger partial charge in [0.25, 0.3) is 0 Å². The van der Waals surface area contributed by atoms with E-state index in [1.54, 1.807) is 0 Å². The SMILES string of the molecule is O[PH](c1ccccc1)(c1ccccc1)c1ccc2cc(-c3ccc(-c4cc5ccccc5c5c4c(-c4ccccc4)nn5-c4ccccc4)cc3)ccc2c1. The van der Waals surface area contributed by atoms with Crippen molar-refractivity contribution in [3.05, 3.63) is 212 Å². The molecule has 0 aliphatic carbocycles. The summed E-state index contributed by atoms with van der Waals surface area (Å²) in [6.07, 6.45) is 0. The van der Waals surface area contributed by atoms with Crippen molar-refractivity contribution in [2.45, 2.75) is 0 Å². The Kier molecular flexibility index (Phi) is 8.18. The summed E-state index contributed by atoms with van der Waals surface area (Å²) in [6, 6.07) is 74.2. The second-order valence-electron chi connectivity index (χ2n) is 14.1. The van der Waals surface area contributed by atoms with Crippen LogP contribution in [0.25, 0.3) is 71.6 Å². The van der Waals surface area contributed by atoms with Crippen LogP contribution in [0, 0.1) is 0 Å². The van der Waals surface area contributed by atoms with Crippen LogP contribution in [0.5, 0.6) is 0 Å². The molecule has 262 valence electrons. The fourth-order valence-electron chi connectivity index (χ4n) is 8.12. The van der Waals surface area contributed by atoms with Crippen LogP contribution in [0.1, 0.15) is 0 Å². The number of hydrogen-bond acceptors (Lipinski definition) is 2. The Morgan fingerprint density at radius 3 is 1.64 bits per heavy atom. The van der Waals surface area contributed by atoms with Crippen molar-refractivity contribution in [2.24, 2.45) is 0 Å². The van der Waals surface area contributed by atoms with Crippen molar-refractivity contribution in [3.63, 3.8) is 0 Å². The van der Waals surface area contributed by atoms with Crippen molar-refractivity contribution >= 4 is 55.9 Å². The predicted molar refractivity (Wildman–Crippen MR) is 235 cm³/mol. The molecule has 0 unspecified atom stereocenters. The molecule has 1 heterocycles. The molecule has 0 aliphatic rings. The van der Waals surface area contributed by atoms with E-state index in [4.69, 9.17) is 5.10 Å². The standard InChI is InChI=1S/C51H37N2OP/c54-55(44-20-9-3-10-21-44,45-22-11-4-12-23-45)46-32-31-40-33-39(29-30-41(40)34-46)36-25-27-37(28-26-36)48-35-42-17-13-14-24-47(42)51-49(48)50(38-15-5-1-6-16-38)52-53(51)43-18-7-2-8-19-43/h1-35,54-55H. The maximum atomic E-state index is 12.5. The Morgan fingerprint density at radius 2 is 0.945 bits per heavy atom. The molecule has 0 spiro atoms. The van der Waals surface area contributed by atoms with Crippen molar-refractivity contribution in [2.75, 3.05) is 0 Å². The minimum atomic E-state index is -3.20. The molecule has 0 bridgehead atoms. The van der Waals surface area contributed by atoms with Gasteiger partial charge < -0.3 is 0 Å². The van der Waals surface area contributed by atoms with Crippen LogP contribution in [-0.2, 0) is 0 Å². The molecule has 4 heteroatoms. The van der Waals surface area contributed by atoms with Crippen LogP contribution < -0.4 is 15.9 Å². The van der Waals surface area contributed by atoms with Crippen LogP contribution in [0.4, 0.5) is 0 Å². The molecule has 0 amide bonds. The summed E-state index contributed by atoms with van der Waals surface area (Å²) in [7, 11) is -3.20. The molecule has 55 heavy (non-hydrogen) atoms. The Hall–Kier alpha value is -6.64. The molecular formula is C51H37N2OP. The summed E-state index contributed by atoms with van der Waals surface area (Å²) in [5.74, 6) is 0. The van der Waals surface area contributed by atoms with Gasteiger partial charge in [0.1, 0.15) is 5.69 Å². The van der Waals surface area contributed by atoms with Gasteiger partial charge in [-0.1, -0.05) is 72.8 Å². The van der Waals surface area contributed by atoms with E-state index >= 15 is 0 Å². The number of fused-ring (bicyclic) bond motifs is 4. The number of rotatable bonds is 7. The Morgan fingerprint density at radius 1 is 0.400 bits per heavy atom. The molecule has 10 aromatic rings. The van der Waals surface area contributed by atoms with Crippen molar-refractivity contribution in [3.8, 4) is 39.2 Å². The molecule has 1 N–H and O–H groups in total. The Bertz CT molecular complexity index is 2920. The van der Waals surface area contributed by atoms with E-state index in [0.717, 1.165) is 76.8 Å². The first-order valence-corrected chi connectivity index (χ1v) is 20.6. The monoisotopic (exact) mass is 724 g/mol. The van der Waals surface area contributed by atoms with Crippen LogP contribution in [0.15, 0.2) is 212 Å². The molecule has 1 aromatic heterocycles. The van der Waals surface area contributed by atoms with Gasteiger partial charge in [-0.25, -0.2) is 4.68 Å². The molecule has 0 radical (unpaired) electrons. The molecule has 0 saturated carbocycles. The van der Waals surface area contributed by atoms with Gasteiger partial charge in [-0.3, -0.25) is 0 Å². The van der Waals surface area contributed by atoms with Crippen LogP contribution in [-0.4, -0.2) is 14.7 Å². The van der Waals surface area contributed by atoms with Gasteiger partial charge in [-0.05, 0) is 17.5 Å². The third kappa shape index (κ3) is 5.73. The number of benzene rings is 9. The summed E-state index contributed by atoms with van der Waals surface area (Å²) >= 11 is 0. The predicted octanol–water partition coefficient (Wildman–Crippen LogP) is 11.3.